The van der Waals surface area contributed by atoms with E-state index in [1.54, 1.807) is 38.9 Å². The van der Waals surface area contributed by atoms with E-state index in [0.29, 0.717) is 59.8 Å². The SMILES string of the molecule is CSC1=C(SC)[Se]C(=C2SC3=C(S2)SC(=C2[Se]C(SC)=C(SC)[Se]2)S3)[Se]1. The van der Waals surface area contributed by atoms with Gasteiger partial charge in [-0.05, 0) is 0 Å². The van der Waals surface area contributed by atoms with E-state index in [-0.39, 0.29) is 0 Å². The third kappa shape index (κ3) is 4.82. The van der Waals surface area contributed by atoms with Gasteiger partial charge in [0.25, 0.3) is 0 Å². The van der Waals surface area contributed by atoms with Crippen LogP contribution in [0.1, 0.15) is 0 Å². The Hall–Kier alpha value is 3.58. The van der Waals surface area contributed by atoms with Crippen LogP contribution in [0.2, 0.25) is 0 Å². The van der Waals surface area contributed by atoms with Crippen molar-refractivity contribution in [1.82, 2.24) is 0 Å². The van der Waals surface area contributed by atoms with Crippen molar-refractivity contribution in [3.8, 4) is 0 Å². The molecule has 4 heterocycles. The van der Waals surface area contributed by atoms with Crippen molar-refractivity contribution < 1.29 is 0 Å². The van der Waals surface area contributed by atoms with Crippen LogP contribution in [0.15, 0.2) is 38.9 Å². The van der Waals surface area contributed by atoms with Crippen LogP contribution in [0, 0.1) is 0 Å². The Kier molecular flexibility index (Phi) is 9.16. The molecule has 0 amide bonds. The maximum absolute atomic E-state index is 2.25. The second-order valence-electron chi connectivity index (χ2n) is 4.51. The molecule has 4 rings (SSSR count). The molecular formula is C14H12S8Se4. The van der Waals surface area contributed by atoms with Crippen LogP contribution in [0.3, 0.4) is 0 Å². The molecule has 0 aromatic rings. The number of thioether (sulfide) groups is 8. The van der Waals surface area contributed by atoms with Crippen molar-refractivity contribution in [1.29, 1.82) is 0 Å². The second kappa shape index (κ2) is 10.5. The molecule has 0 aromatic heterocycles. The Balaban J connectivity index is 1.44. The fraction of sp³-hybridized carbons (Fsp3) is 0.286. The third-order valence-corrected chi connectivity index (χ3v) is 32.2. The monoisotopic (exact) mass is 756 g/mol. The average molecular weight is 753 g/mol. The second-order valence-corrected chi connectivity index (χ2v) is 26.4. The Morgan fingerprint density at radius 3 is 0.962 bits per heavy atom. The van der Waals surface area contributed by atoms with Crippen molar-refractivity contribution in [2.45, 2.75) is 0 Å². The first-order valence-corrected chi connectivity index (χ1v) is 22.0. The molecule has 4 aliphatic rings. The van der Waals surface area contributed by atoms with Crippen LogP contribution in [0.5, 0.6) is 0 Å². The van der Waals surface area contributed by atoms with E-state index in [1.165, 1.54) is 0 Å². The summed E-state index contributed by atoms with van der Waals surface area (Å²) in [7, 11) is 0. The predicted molar refractivity (Wildman–Crippen MR) is 143 cm³/mol. The van der Waals surface area contributed by atoms with E-state index in [4.69, 9.17) is 0 Å². The fourth-order valence-electron chi connectivity index (χ4n) is 1.97. The summed E-state index contributed by atoms with van der Waals surface area (Å²) in [6.07, 6.45) is 9.00. The molecular weight excluding hydrogens is 741 g/mol. The zero-order valence-corrected chi connectivity index (χ0v) is 27.3. The molecule has 0 aliphatic carbocycles. The number of hydrogen-bond donors (Lipinski definition) is 0. The fourth-order valence-corrected chi connectivity index (χ4v) is 32.1. The molecule has 140 valence electrons. The standard InChI is InChI=1S/C14H12S8Se4/c1-15-9-10(16-2)24-13(23-9)7-19-5-6(20-7)22-8(21-5)14-25-11(17-3)12(18-4)26-14/h1-4H3. The Morgan fingerprint density at radius 1 is 0.462 bits per heavy atom. The summed E-state index contributed by atoms with van der Waals surface area (Å²) in [4.78, 5) is 0. The van der Waals surface area contributed by atoms with E-state index in [1.807, 2.05) is 47.0 Å². The summed E-state index contributed by atoms with van der Waals surface area (Å²) < 4.78 is 16.7. The summed E-state index contributed by atoms with van der Waals surface area (Å²) in [5, 5.41) is 0. The van der Waals surface area contributed by atoms with Crippen molar-refractivity contribution in [2.24, 2.45) is 0 Å². The van der Waals surface area contributed by atoms with Gasteiger partial charge in [0.05, 0.1) is 0 Å². The van der Waals surface area contributed by atoms with Gasteiger partial charge in [0.1, 0.15) is 0 Å². The van der Waals surface area contributed by atoms with E-state index in [9.17, 15) is 0 Å². The summed E-state index contributed by atoms with van der Waals surface area (Å²) in [6, 6.07) is 0. The molecule has 4 aliphatic heterocycles. The molecule has 0 spiro atoms. The summed E-state index contributed by atoms with van der Waals surface area (Å²) in [6.45, 7) is 0. The first-order valence-electron chi connectivity index (χ1n) is 6.97. The van der Waals surface area contributed by atoms with E-state index in [2.05, 4.69) is 72.1 Å². The Labute approximate surface area is 214 Å². The van der Waals surface area contributed by atoms with Crippen molar-refractivity contribution in [2.75, 3.05) is 25.0 Å². The molecule has 0 unspecified atom stereocenters. The van der Waals surface area contributed by atoms with Gasteiger partial charge in [0.2, 0.25) is 0 Å². The van der Waals surface area contributed by atoms with Gasteiger partial charge in [0, 0.05) is 0 Å². The van der Waals surface area contributed by atoms with Gasteiger partial charge in [-0.25, -0.2) is 0 Å². The number of hydrogen-bond acceptors (Lipinski definition) is 8. The Bertz CT molecular complexity index is 688. The molecule has 0 aromatic carbocycles. The first kappa shape index (κ1) is 22.8. The van der Waals surface area contributed by atoms with Crippen LogP contribution in [0.25, 0.3) is 0 Å². The van der Waals surface area contributed by atoms with Gasteiger partial charge < -0.3 is 0 Å². The van der Waals surface area contributed by atoms with E-state index in [0.717, 1.165) is 0 Å². The van der Waals surface area contributed by atoms with Gasteiger partial charge in [0.15, 0.2) is 0 Å². The molecule has 26 heavy (non-hydrogen) atoms. The zero-order chi connectivity index (χ0) is 18.3. The van der Waals surface area contributed by atoms with Crippen molar-refractivity contribution in [3.63, 3.8) is 0 Å². The van der Waals surface area contributed by atoms with Crippen LogP contribution in [0.4, 0.5) is 0 Å². The normalized spacial score (nSPS) is 23.5. The van der Waals surface area contributed by atoms with E-state index < -0.39 is 0 Å². The Morgan fingerprint density at radius 2 is 0.731 bits per heavy atom. The molecule has 0 atom stereocenters. The quantitative estimate of drug-likeness (QED) is 0.323. The van der Waals surface area contributed by atoms with Crippen LogP contribution >= 0.6 is 94.1 Å². The van der Waals surface area contributed by atoms with E-state index >= 15 is 0 Å². The topological polar surface area (TPSA) is 0 Å². The molecule has 12 heteroatoms. The average Bonchev–Trinajstić information content (AvgIpc) is 3.39. The zero-order valence-electron chi connectivity index (χ0n) is 13.9. The van der Waals surface area contributed by atoms with Gasteiger partial charge in [-0.2, -0.15) is 0 Å². The molecule has 0 nitrogen and oxygen atoms in total. The third-order valence-electron chi connectivity index (χ3n) is 3.06. The predicted octanol–water partition coefficient (Wildman–Crippen LogP) is 5.88. The minimum atomic E-state index is 0.589. The molecule has 0 N–H and O–H groups in total. The summed E-state index contributed by atoms with van der Waals surface area (Å²) >= 11 is 18.6. The van der Waals surface area contributed by atoms with Crippen LogP contribution in [-0.2, 0) is 0 Å². The minimum absolute atomic E-state index is 0.589. The van der Waals surface area contributed by atoms with Gasteiger partial charge >= 0.3 is 218 Å². The van der Waals surface area contributed by atoms with Gasteiger partial charge in [-0.3, -0.25) is 0 Å². The summed E-state index contributed by atoms with van der Waals surface area (Å²) in [5.41, 5.74) is 0. The van der Waals surface area contributed by atoms with Gasteiger partial charge in [-0.1, -0.05) is 0 Å². The molecule has 0 radical (unpaired) electrons. The summed E-state index contributed by atoms with van der Waals surface area (Å²) in [5.74, 6) is 0. The number of rotatable bonds is 4. The van der Waals surface area contributed by atoms with Crippen LogP contribution in [-0.4, -0.2) is 84.9 Å². The molecule has 0 saturated heterocycles. The molecule has 0 fully saturated rings. The molecule has 0 bridgehead atoms. The maximum atomic E-state index is 2.25. The van der Waals surface area contributed by atoms with Crippen molar-refractivity contribution >= 4 is 154 Å². The van der Waals surface area contributed by atoms with Gasteiger partial charge in [-0.15, -0.1) is 0 Å². The van der Waals surface area contributed by atoms with Crippen LogP contribution < -0.4 is 0 Å². The molecule has 0 saturated carbocycles. The first-order chi connectivity index (χ1) is 12.7. The van der Waals surface area contributed by atoms with Crippen molar-refractivity contribution in [3.05, 3.63) is 38.9 Å².